The molecule has 1 aromatic heterocycles. The molecule has 0 aliphatic rings. The van der Waals surface area contributed by atoms with Gasteiger partial charge in [-0.1, -0.05) is 18.2 Å². The van der Waals surface area contributed by atoms with Crippen LogP contribution in [-0.4, -0.2) is 16.5 Å². The normalized spacial score (nSPS) is 10.5. The first-order chi connectivity index (χ1) is 10.3. The average molecular weight is 279 g/mol. The summed E-state index contributed by atoms with van der Waals surface area (Å²) in [6.07, 6.45) is 2.59. The molecule has 106 valence electrons. The molecular weight excluding hydrogens is 262 g/mol. The van der Waals surface area contributed by atoms with Crippen LogP contribution in [0.25, 0.3) is 11.3 Å². The van der Waals surface area contributed by atoms with Gasteiger partial charge in [-0.2, -0.15) is 0 Å². The van der Waals surface area contributed by atoms with Crippen molar-refractivity contribution >= 4 is 0 Å². The van der Waals surface area contributed by atoms with Gasteiger partial charge in [0, 0.05) is 6.42 Å². The molecule has 0 saturated heterocycles. The largest absolute Gasteiger partial charge is 0.457 e. The van der Waals surface area contributed by atoms with E-state index >= 15 is 0 Å². The lowest BCUT2D eigenvalue weighted by Gasteiger charge is -2.06. The second kappa shape index (κ2) is 6.24. The molecule has 0 atom stereocenters. The number of nitrogens with zero attached hydrogens (tertiary/aromatic N) is 1. The number of aromatic nitrogens is 2. The first-order valence-corrected chi connectivity index (χ1v) is 6.92. The third-order valence-corrected chi connectivity index (χ3v) is 3.15. The van der Waals surface area contributed by atoms with Gasteiger partial charge in [-0.25, -0.2) is 4.98 Å². The molecule has 0 fully saturated rings. The van der Waals surface area contributed by atoms with Crippen LogP contribution in [0.1, 0.15) is 5.82 Å². The average Bonchev–Trinajstić information content (AvgIpc) is 2.98. The molecule has 0 aliphatic carbocycles. The van der Waals surface area contributed by atoms with Crippen molar-refractivity contribution in [3.8, 4) is 22.8 Å². The molecule has 4 heteroatoms. The number of nitrogens with one attached hydrogen (secondary N) is 1. The zero-order valence-corrected chi connectivity index (χ0v) is 11.6. The van der Waals surface area contributed by atoms with E-state index in [-0.39, 0.29) is 0 Å². The third-order valence-electron chi connectivity index (χ3n) is 3.15. The standard InChI is InChI=1S/C17H17N3O/c18-11-10-17-19-12-16(20-17)13-6-8-15(9-7-13)21-14-4-2-1-3-5-14/h1-9,12H,10-11,18H2,(H,19,20). The summed E-state index contributed by atoms with van der Waals surface area (Å²) >= 11 is 0. The Labute approximate surface area is 123 Å². The molecule has 4 nitrogen and oxygen atoms in total. The van der Waals surface area contributed by atoms with Gasteiger partial charge in [0.25, 0.3) is 0 Å². The fourth-order valence-corrected chi connectivity index (χ4v) is 2.10. The molecular formula is C17H17N3O. The van der Waals surface area contributed by atoms with Crippen LogP contribution in [0, 0.1) is 0 Å². The number of aromatic amines is 1. The van der Waals surface area contributed by atoms with Crippen molar-refractivity contribution in [1.82, 2.24) is 9.97 Å². The Morgan fingerprint density at radius 1 is 0.952 bits per heavy atom. The van der Waals surface area contributed by atoms with E-state index in [0.29, 0.717) is 6.54 Å². The SMILES string of the molecule is NCCc1ncc(-c2ccc(Oc3ccccc3)cc2)[nH]1. The Hall–Kier alpha value is -2.59. The predicted molar refractivity (Wildman–Crippen MR) is 83.3 cm³/mol. The monoisotopic (exact) mass is 279 g/mol. The number of hydrogen-bond donors (Lipinski definition) is 2. The van der Waals surface area contributed by atoms with Gasteiger partial charge in [-0.3, -0.25) is 0 Å². The molecule has 0 spiro atoms. The molecule has 0 saturated carbocycles. The lowest BCUT2D eigenvalue weighted by atomic mass is 10.1. The van der Waals surface area contributed by atoms with Gasteiger partial charge in [-0.05, 0) is 48.5 Å². The smallest absolute Gasteiger partial charge is 0.127 e. The number of benzene rings is 2. The number of rotatable bonds is 5. The predicted octanol–water partition coefficient (Wildman–Crippen LogP) is 3.37. The van der Waals surface area contributed by atoms with Crippen LogP contribution in [-0.2, 0) is 6.42 Å². The topological polar surface area (TPSA) is 63.9 Å². The van der Waals surface area contributed by atoms with Gasteiger partial charge in [0.2, 0.25) is 0 Å². The minimum atomic E-state index is 0.594. The summed E-state index contributed by atoms with van der Waals surface area (Å²) in [5.41, 5.74) is 7.59. The highest BCUT2D eigenvalue weighted by molar-refractivity contribution is 5.59. The van der Waals surface area contributed by atoms with E-state index < -0.39 is 0 Å². The van der Waals surface area contributed by atoms with Gasteiger partial charge < -0.3 is 15.5 Å². The van der Waals surface area contributed by atoms with Crippen molar-refractivity contribution in [3.05, 3.63) is 66.6 Å². The fraction of sp³-hybridized carbons (Fsp3) is 0.118. The maximum Gasteiger partial charge on any atom is 0.127 e. The molecule has 21 heavy (non-hydrogen) atoms. The number of ether oxygens (including phenoxy) is 1. The summed E-state index contributed by atoms with van der Waals surface area (Å²) in [5, 5.41) is 0. The molecule has 3 N–H and O–H groups in total. The highest BCUT2D eigenvalue weighted by Crippen LogP contribution is 2.24. The minimum Gasteiger partial charge on any atom is -0.457 e. The highest BCUT2D eigenvalue weighted by Gasteiger charge is 2.03. The number of nitrogens with two attached hydrogens (primary N) is 1. The molecule has 2 aromatic carbocycles. The highest BCUT2D eigenvalue weighted by atomic mass is 16.5. The van der Waals surface area contributed by atoms with E-state index in [1.807, 2.05) is 60.8 Å². The van der Waals surface area contributed by atoms with Crippen LogP contribution in [0.5, 0.6) is 11.5 Å². The van der Waals surface area contributed by atoms with Crippen molar-refractivity contribution in [2.45, 2.75) is 6.42 Å². The van der Waals surface area contributed by atoms with Crippen LogP contribution >= 0.6 is 0 Å². The minimum absolute atomic E-state index is 0.594. The first kappa shape index (κ1) is 13.4. The van der Waals surface area contributed by atoms with Crippen LogP contribution in [0.15, 0.2) is 60.8 Å². The van der Waals surface area contributed by atoms with Crippen molar-refractivity contribution < 1.29 is 4.74 Å². The van der Waals surface area contributed by atoms with E-state index in [0.717, 1.165) is 35.0 Å². The second-order valence-electron chi connectivity index (χ2n) is 4.72. The van der Waals surface area contributed by atoms with E-state index in [1.165, 1.54) is 0 Å². The number of para-hydroxylation sites is 1. The van der Waals surface area contributed by atoms with Gasteiger partial charge in [-0.15, -0.1) is 0 Å². The summed E-state index contributed by atoms with van der Waals surface area (Å²) in [7, 11) is 0. The number of imidazole rings is 1. The van der Waals surface area contributed by atoms with Crippen LogP contribution in [0.3, 0.4) is 0 Å². The lowest BCUT2D eigenvalue weighted by molar-refractivity contribution is 0.483. The first-order valence-electron chi connectivity index (χ1n) is 6.92. The molecule has 3 rings (SSSR count). The Morgan fingerprint density at radius 3 is 2.38 bits per heavy atom. The molecule has 0 unspecified atom stereocenters. The van der Waals surface area contributed by atoms with Gasteiger partial charge in [0.1, 0.15) is 17.3 Å². The van der Waals surface area contributed by atoms with Crippen LogP contribution < -0.4 is 10.5 Å². The van der Waals surface area contributed by atoms with Crippen LogP contribution in [0.2, 0.25) is 0 Å². The molecule has 1 heterocycles. The van der Waals surface area contributed by atoms with E-state index in [9.17, 15) is 0 Å². The molecule has 0 radical (unpaired) electrons. The van der Waals surface area contributed by atoms with Crippen LogP contribution in [0.4, 0.5) is 0 Å². The quantitative estimate of drug-likeness (QED) is 0.752. The lowest BCUT2D eigenvalue weighted by Crippen LogP contribution is -2.03. The summed E-state index contributed by atoms with van der Waals surface area (Å²) in [4.78, 5) is 7.57. The van der Waals surface area contributed by atoms with Gasteiger partial charge in [0.15, 0.2) is 0 Å². The third kappa shape index (κ3) is 3.30. The second-order valence-corrected chi connectivity index (χ2v) is 4.72. The summed E-state index contributed by atoms with van der Waals surface area (Å²) in [6.45, 7) is 0.594. The van der Waals surface area contributed by atoms with Gasteiger partial charge in [0.05, 0.1) is 11.9 Å². The Bertz CT molecular complexity index is 690. The molecule has 0 amide bonds. The van der Waals surface area contributed by atoms with E-state index in [2.05, 4.69) is 9.97 Å². The van der Waals surface area contributed by atoms with E-state index in [1.54, 1.807) is 0 Å². The van der Waals surface area contributed by atoms with Crippen molar-refractivity contribution in [2.75, 3.05) is 6.54 Å². The van der Waals surface area contributed by atoms with Crippen molar-refractivity contribution in [3.63, 3.8) is 0 Å². The Balaban J connectivity index is 1.74. The summed E-state index contributed by atoms with van der Waals surface area (Å²) < 4.78 is 5.77. The summed E-state index contributed by atoms with van der Waals surface area (Å²) in [6, 6.07) is 17.7. The maximum atomic E-state index is 5.77. The molecule has 0 aliphatic heterocycles. The number of H-pyrrole nitrogens is 1. The zero-order valence-electron chi connectivity index (χ0n) is 11.6. The van der Waals surface area contributed by atoms with Gasteiger partial charge >= 0.3 is 0 Å². The molecule has 3 aromatic rings. The number of hydrogen-bond acceptors (Lipinski definition) is 3. The van der Waals surface area contributed by atoms with E-state index in [4.69, 9.17) is 10.5 Å². The Kier molecular flexibility index (Phi) is 3.98. The maximum absolute atomic E-state index is 5.77. The zero-order chi connectivity index (χ0) is 14.5. The van der Waals surface area contributed by atoms with Crippen molar-refractivity contribution in [2.24, 2.45) is 5.73 Å². The Morgan fingerprint density at radius 2 is 1.67 bits per heavy atom. The molecule has 0 bridgehead atoms. The van der Waals surface area contributed by atoms with Crippen molar-refractivity contribution in [1.29, 1.82) is 0 Å². The fourth-order valence-electron chi connectivity index (χ4n) is 2.10. The summed E-state index contributed by atoms with van der Waals surface area (Å²) in [5.74, 6) is 2.56.